The van der Waals surface area contributed by atoms with Crippen molar-refractivity contribution in [1.82, 2.24) is 5.32 Å². The Morgan fingerprint density at radius 2 is 1.84 bits per heavy atom. The predicted molar refractivity (Wildman–Crippen MR) is 75.3 cm³/mol. The van der Waals surface area contributed by atoms with Gasteiger partial charge in [0.2, 0.25) is 0 Å². The first-order valence-electron chi connectivity index (χ1n) is 6.25. The summed E-state index contributed by atoms with van der Waals surface area (Å²) >= 11 is 0. The molecule has 0 aliphatic rings. The molecule has 0 aliphatic heterocycles. The summed E-state index contributed by atoms with van der Waals surface area (Å²) < 4.78 is 5.27. The van der Waals surface area contributed by atoms with Crippen LogP contribution in [-0.4, -0.2) is 13.0 Å². The van der Waals surface area contributed by atoms with Gasteiger partial charge in [0.05, 0.1) is 0 Å². The van der Waals surface area contributed by atoms with E-state index in [0.29, 0.717) is 5.76 Å². The number of amides is 1. The SMILES string of the molecule is CNC(C)c1ccc(NC(=O)c2ccc(C)o2)cc1. The third-order valence-electron chi connectivity index (χ3n) is 3.07. The van der Waals surface area contributed by atoms with Gasteiger partial charge in [-0.15, -0.1) is 0 Å². The van der Waals surface area contributed by atoms with Crippen LogP contribution in [0.5, 0.6) is 0 Å². The molecule has 0 radical (unpaired) electrons. The summed E-state index contributed by atoms with van der Waals surface area (Å²) in [5, 5.41) is 5.97. The standard InChI is InChI=1S/C15H18N2O2/c1-10-4-9-14(19-10)15(18)17-13-7-5-12(6-8-13)11(2)16-3/h4-9,11,16H,1-3H3,(H,17,18). The van der Waals surface area contributed by atoms with Gasteiger partial charge in [-0.05, 0) is 50.7 Å². The number of nitrogens with one attached hydrogen (secondary N) is 2. The van der Waals surface area contributed by atoms with E-state index in [1.54, 1.807) is 12.1 Å². The Labute approximate surface area is 112 Å². The largest absolute Gasteiger partial charge is 0.456 e. The maximum absolute atomic E-state index is 11.9. The van der Waals surface area contributed by atoms with E-state index < -0.39 is 0 Å². The molecule has 100 valence electrons. The molecule has 0 bridgehead atoms. The molecule has 1 heterocycles. The molecule has 4 heteroatoms. The summed E-state index contributed by atoms with van der Waals surface area (Å²) in [4.78, 5) is 11.9. The molecule has 1 atom stereocenters. The molecule has 4 nitrogen and oxygen atoms in total. The van der Waals surface area contributed by atoms with E-state index in [2.05, 4.69) is 17.6 Å². The maximum Gasteiger partial charge on any atom is 0.291 e. The van der Waals surface area contributed by atoms with Crippen LogP contribution in [0.15, 0.2) is 40.8 Å². The van der Waals surface area contributed by atoms with Gasteiger partial charge in [-0.25, -0.2) is 0 Å². The van der Waals surface area contributed by atoms with Crippen molar-refractivity contribution in [2.24, 2.45) is 0 Å². The van der Waals surface area contributed by atoms with E-state index in [1.807, 2.05) is 38.2 Å². The minimum absolute atomic E-state index is 0.234. The lowest BCUT2D eigenvalue weighted by Gasteiger charge is -2.11. The van der Waals surface area contributed by atoms with Gasteiger partial charge in [0.25, 0.3) is 5.91 Å². The quantitative estimate of drug-likeness (QED) is 0.886. The van der Waals surface area contributed by atoms with Crippen molar-refractivity contribution in [3.63, 3.8) is 0 Å². The molecule has 2 aromatic rings. The average Bonchev–Trinajstić information content (AvgIpc) is 2.85. The third-order valence-corrected chi connectivity index (χ3v) is 3.07. The van der Waals surface area contributed by atoms with Gasteiger partial charge in [0.1, 0.15) is 5.76 Å². The summed E-state index contributed by atoms with van der Waals surface area (Å²) in [5.41, 5.74) is 1.93. The van der Waals surface area contributed by atoms with E-state index in [9.17, 15) is 4.79 Å². The van der Waals surface area contributed by atoms with Crippen LogP contribution in [0.2, 0.25) is 0 Å². The summed E-state index contributed by atoms with van der Waals surface area (Å²) in [7, 11) is 1.92. The maximum atomic E-state index is 11.9. The lowest BCUT2D eigenvalue weighted by atomic mass is 10.1. The summed E-state index contributed by atoms with van der Waals surface area (Å²) in [6.45, 7) is 3.89. The van der Waals surface area contributed by atoms with Gasteiger partial charge < -0.3 is 15.1 Å². The lowest BCUT2D eigenvalue weighted by Crippen LogP contribution is -2.13. The zero-order chi connectivity index (χ0) is 13.8. The van der Waals surface area contributed by atoms with Crippen LogP contribution < -0.4 is 10.6 Å². The number of anilines is 1. The number of benzene rings is 1. The van der Waals surface area contributed by atoms with Crippen LogP contribution in [-0.2, 0) is 0 Å². The number of rotatable bonds is 4. The molecule has 1 unspecified atom stereocenters. The van der Waals surface area contributed by atoms with Gasteiger partial charge in [-0.3, -0.25) is 4.79 Å². The average molecular weight is 258 g/mol. The fraction of sp³-hybridized carbons (Fsp3) is 0.267. The number of carbonyl (C=O) groups excluding carboxylic acids is 1. The highest BCUT2D eigenvalue weighted by Gasteiger charge is 2.10. The molecular formula is C15H18N2O2. The summed E-state index contributed by atoms with van der Waals surface area (Å²) in [6.07, 6.45) is 0. The Bertz CT molecular complexity index is 558. The van der Waals surface area contributed by atoms with Crippen molar-refractivity contribution in [3.05, 3.63) is 53.5 Å². The highest BCUT2D eigenvalue weighted by molar-refractivity contribution is 6.02. The second-order valence-electron chi connectivity index (χ2n) is 4.50. The molecule has 19 heavy (non-hydrogen) atoms. The van der Waals surface area contributed by atoms with Crippen molar-refractivity contribution in [2.75, 3.05) is 12.4 Å². The molecule has 2 N–H and O–H groups in total. The molecule has 0 fully saturated rings. The number of carbonyl (C=O) groups is 1. The van der Waals surface area contributed by atoms with Gasteiger partial charge in [0.15, 0.2) is 5.76 Å². The highest BCUT2D eigenvalue weighted by atomic mass is 16.3. The Kier molecular flexibility index (Phi) is 4.02. The second kappa shape index (κ2) is 5.71. The van der Waals surface area contributed by atoms with E-state index in [1.165, 1.54) is 5.56 Å². The molecule has 0 saturated heterocycles. The molecule has 1 aromatic carbocycles. The monoisotopic (exact) mass is 258 g/mol. The van der Waals surface area contributed by atoms with Gasteiger partial charge >= 0.3 is 0 Å². The van der Waals surface area contributed by atoms with E-state index in [-0.39, 0.29) is 11.9 Å². The highest BCUT2D eigenvalue weighted by Crippen LogP contribution is 2.16. The topological polar surface area (TPSA) is 54.3 Å². The fourth-order valence-electron chi connectivity index (χ4n) is 1.77. The van der Waals surface area contributed by atoms with Crippen molar-refractivity contribution in [2.45, 2.75) is 19.9 Å². The summed E-state index contributed by atoms with van der Waals surface area (Å²) in [6, 6.07) is 11.5. The molecule has 2 rings (SSSR count). The molecule has 1 aromatic heterocycles. The smallest absolute Gasteiger partial charge is 0.291 e. The molecule has 0 saturated carbocycles. The van der Waals surface area contributed by atoms with Crippen LogP contribution in [0.1, 0.15) is 34.8 Å². The Hall–Kier alpha value is -2.07. The minimum atomic E-state index is -0.234. The van der Waals surface area contributed by atoms with Gasteiger partial charge in [-0.1, -0.05) is 12.1 Å². The van der Waals surface area contributed by atoms with Gasteiger partial charge in [-0.2, -0.15) is 0 Å². The van der Waals surface area contributed by atoms with Crippen molar-refractivity contribution >= 4 is 11.6 Å². The van der Waals surface area contributed by atoms with Crippen molar-refractivity contribution < 1.29 is 9.21 Å². The van der Waals surface area contributed by atoms with E-state index in [0.717, 1.165) is 11.4 Å². The Morgan fingerprint density at radius 1 is 1.16 bits per heavy atom. The van der Waals surface area contributed by atoms with Gasteiger partial charge in [0, 0.05) is 11.7 Å². The number of hydrogen-bond donors (Lipinski definition) is 2. The van der Waals surface area contributed by atoms with Crippen LogP contribution in [0.3, 0.4) is 0 Å². The first-order chi connectivity index (χ1) is 9.10. The Balaban J connectivity index is 2.05. The van der Waals surface area contributed by atoms with Crippen LogP contribution in [0, 0.1) is 6.92 Å². The van der Waals surface area contributed by atoms with Crippen LogP contribution in [0.25, 0.3) is 0 Å². The van der Waals surface area contributed by atoms with Crippen LogP contribution in [0.4, 0.5) is 5.69 Å². The molecule has 0 aliphatic carbocycles. The zero-order valence-corrected chi connectivity index (χ0v) is 11.4. The minimum Gasteiger partial charge on any atom is -0.456 e. The summed E-state index contributed by atoms with van der Waals surface area (Å²) in [5.74, 6) is 0.816. The first-order valence-corrected chi connectivity index (χ1v) is 6.25. The number of aryl methyl sites for hydroxylation is 1. The number of furan rings is 1. The molecular weight excluding hydrogens is 240 g/mol. The Morgan fingerprint density at radius 3 is 2.37 bits per heavy atom. The normalized spacial score (nSPS) is 12.2. The molecule has 1 amide bonds. The zero-order valence-electron chi connectivity index (χ0n) is 11.4. The molecule has 0 spiro atoms. The van der Waals surface area contributed by atoms with Crippen molar-refractivity contribution in [3.8, 4) is 0 Å². The van der Waals surface area contributed by atoms with Crippen molar-refractivity contribution in [1.29, 1.82) is 0 Å². The number of hydrogen-bond acceptors (Lipinski definition) is 3. The van der Waals surface area contributed by atoms with Crippen LogP contribution >= 0.6 is 0 Å². The second-order valence-corrected chi connectivity index (χ2v) is 4.50. The first kappa shape index (κ1) is 13.4. The fourth-order valence-corrected chi connectivity index (χ4v) is 1.77. The lowest BCUT2D eigenvalue weighted by molar-refractivity contribution is 0.0995. The van der Waals surface area contributed by atoms with E-state index in [4.69, 9.17) is 4.42 Å². The third kappa shape index (κ3) is 3.23. The predicted octanol–water partition coefficient (Wildman–Crippen LogP) is 3.12. The van der Waals surface area contributed by atoms with E-state index >= 15 is 0 Å².